The standard InChI is InChI=1S/C19H23NO2/c1-15-7-3-4-8-18(15)16-9-10-19(17(13-16)14-21)22-12-6-5-11-20-2/h3-4,7-10,13-14,20H,5-6,11-12H2,1-2H3. The summed E-state index contributed by atoms with van der Waals surface area (Å²) in [4.78, 5) is 11.3. The second-order valence-electron chi connectivity index (χ2n) is 5.34. The van der Waals surface area contributed by atoms with Crippen LogP contribution in [0.5, 0.6) is 5.75 Å². The molecule has 0 atom stereocenters. The van der Waals surface area contributed by atoms with Gasteiger partial charge in [0, 0.05) is 0 Å². The minimum absolute atomic E-state index is 0.606. The third kappa shape index (κ3) is 4.18. The Balaban J connectivity index is 2.11. The Labute approximate surface area is 132 Å². The van der Waals surface area contributed by atoms with E-state index in [1.165, 1.54) is 5.56 Å². The zero-order valence-corrected chi connectivity index (χ0v) is 13.3. The maximum absolute atomic E-state index is 11.3. The van der Waals surface area contributed by atoms with Gasteiger partial charge >= 0.3 is 0 Å². The molecule has 0 spiro atoms. The predicted octanol–water partition coefficient (Wildman–Crippen LogP) is 3.85. The van der Waals surface area contributed by atoms with Gasteiger partial charge < -0.3 is 10.1 Å². The highest BCUT2D eigenvalue weighted by Gasteiger charge is 2.07. The molecule has 0 saturated carbocycles. The Hall–Kier alpha value is -2.13. The number of carbonyl (C=O) groups excluding carboxylic acids is 1. The molecule has 3 heteroatoms. The SMILES string of the molecule is CNCCCCOc1ccc(-c2ccccc2C)cc1C=O. The summed E-state index contributed by atoms with van der Waals surface area (Å²) in [6, 6.07) is 14.0. The number of carbonyl (C=O) groups is 1. The molecule has 0 aliphatic heterocycles. The largest absolute Gasteiger partial charge is 0.493 e. The minimum Gasteiger partial charge on any atom is -0.493 e. The quantitative estimate of drug-likeness (QED) is 0.594. The number of aryl methyl sites for hydroxylation is 1. The van der Waals surface area contributed by atoms with Gasteiger partial charge in [0.15, 0.2) is 6.29 Å². The molecule has 0 unspecified atom stereocenters. The van der Waals surface area contributed by atoms with Crippen molar-refractivity contribution >= 4 is 6.29 Å². The van der Waals surface area contributed by atoms with Crippen molar-refractivity contribution in [3.63, 3.8) is 0 Å². The van der Waals surface area contributed by atoms with Crippen molar-refractivity contribution in [3.05, 3.63) is 53.6 Å². The van der Waals surface area contributed by atoms with Gasteiger partial charge in [-0.05, 0) is 62.2 Å². The molecule has 3 nitrogen and oxygen atoms in total. The van der Waals surface area contributed by atoms with E-state index in [-0.39, 0.29) is 0 Å². The van der Waals surface area contributed by atoms with E-state index in [1.807, 2.05) is 37.4 Å². The maximum atomic E-state index is 11.3. The molecule has 0 aliphatic carbocycles. The first-order valence-electron chi connectivity index (χ1n) is 7.69. The summed E-state index contributed by atoms with van der Waals surface area (Å²) in [5.41, 5.74) is 3.99. The van der Waals surface area contributed by atoms with Crippen LogP contribution in [0.4, 0.5) is 0 Å². The third-order valence-electron chi connectivity index (χ3n) is 3.67. The number of aldehydes is 1. The fourth-order valence-electron chi connectivity index (χ4n) is 2.42. The topological polar surface area (TPSA) is 38.3 Å². The monoisotopic (exact) mass is 297 g/mol. The lowest BCUT2D eigenvalue weighted by molar-refractivity contribution is 0.111. The van der Waals surface area contributed by atoms with Crippen LogP contribution in [-0.4, -0.2) is 26.5 Å². The van der Waals surface area contributed by atoms with Crippen molar-refractivity contribution in [2.24, 2.45) is 0 Å². The lowest BCUT2D eigenvalue weighted by Gasteiger charge is -2.11. The van der Waals surface area contributed by atoms with Crippen molar-refractivity contribution < 1.29 is 9.53 Å². The lowest BCUT2D eigenvalue weighted by atomic mass is 9.99. The molecule has 0 fully saturated rings. The van der Waals surface area contributed by atoms with Crippen molar-refractivity contribution in [1.82, 2.24) is 5.32 Å². The Morgan fingerprint density at radius 1 is 1.14 bits per heavy atom. The maximum Gasteiger partial charge on any atom is 0.153 e. The molecule has 0 heterocycles. The molecule has 0 aromatic heterocycles. The average Bonchev–Trinajstić information content (AvgIpc) is 2.55. The van der Waals surface area contributed by atoms with Crippen LogP contribution >= 0.6 is 0 Å². The normalized spacial score (nSPS) is 10.5. The third-order valence-corrected chi connectivity index (χ3v) is 3.67. The number of benzene rings is 2. The van der Waals surface area contributed by atoms with Gasteiger partial charge in [-0.15, -0.1) is 0 Å². The minimum atomic E-state index is 0.606. The predicted molar refractivity (Wildman–Crippen MR) is 90.7 cm³/mol. The van der Waals surface area contributed by atoms with Crippen LogP contribution in [0.2, 0.25) is 0 Å². The van der Waals surface area contributed by atoms with Crippen molar-refractivity contribution in [2.75, 3.05) is 20.2 Å². The van der Waals surface area contributed by atoms with Crippen molar-refractivity contribution in [3.8, 4) is 16.9 Å². The van der Waals surface area contributed by atoms with Gasteiger partial charge in [-0.1, -0.05) is 30.3 Å². The van der Waals surface area contributed by atoms with E-state index in [1.54, 1.807) is 0 Å². The highest BCUT2D eigenvalue weighted by molar-refractivity contribution is 5.83. The van der Waals surface area contributed by atoms with Crippen LogP contribution in [0.1, 0.15) is 28.8 Å². The first-order chi connectivity index (χ1) is 10.8. The van der Waals surface area contributed by atoms with Crippen LogP contribution in [0.3, 0.4) is 0 Å². The van der Waals surface area contributed by atoms with Crippen molar-refractivity contribution in [1.29, 1.82) is 0 Å². The van der Waals surface area contributed by atoms with Crippen molar-refractivity contribution in [2.45, 2.75) is 19.8 Å². The molecule has 0 aliphatic rings. The van der Waals surface area contributed by atoms with Gasteiger partial charge in [0.05, 0.1) is 12.2 Å². The van der Waals surface area contributed by atoms with Gasteiger partial charge in [0.25, 0.3) is 0 Å². The summed E-state index contributed by atoms with van der Waals surface area (Å²) in [6.07, 6.45) is 2.90. The Bertz CT molecular complexity index is 623. The second-order valence-corrected chi connectivity index (χ2v) is 5.34. The van der Waals surface area contributed by atoms with Crippen LogP contribution in [0.15, 0.2) is 42.5 Å². The summed E-state index contributed by atoms with van der Waals surface area (Å²) in [5.74, 6) is 0.664. The van der Waals surface area contributed by atoms with E-state index in [4.69, 9.17) is 4.74 Å². The molecule has 2 aromatic rings. The highest BCUT2D eigenvalue weighted by atomic mass is 16.5. The Morgan fingerprint density at radius 3 is 2.68 bits per heavy atom. The summed E-state index contributed by atoms with van der Waals surface area (Å²) in [6.45, 7) is 3.68. The number of ether oxygens (including phenoxy) is 1. The zero-order chi connectivity index (χ0) is 15.8. The smallest absolute Gasteiger partial charge is 0.153 e. The average molecular weight is 297 g/mol. The molecular formula is C19H23NO2. The molecule has 0 amide bonds. The second kappa shape index (κ2) is 8.35. The van der Waals surface area contributed by atoms with E-state index >= 15 is 0 Å². The van der Waals surface area contributed by atoms with E-state index in [0.29, 0.717) is 17.9 Å². The van der Waals surface area contributed by atoms with E-state index < -0.39 is 0 Å². The van der Waals surface area contributed by atoms with E-state index in [2.05, 4.69) is 24.4 Å². The molecule has 0 saturated heterocycles. The van der Waals surface area contributed by atoms with E-state index in [9.17, 15) is 4.79 Å². The Kier molecular flexibility index (Phi) is 6.16. The molecule has 2 aromatic carbocycles. The van der Waals surface area contributed by atoms with Crippen LogP contribution in [0.25, 0.3) is 11.1 Å². The highest BCUT2D eigenvalue weighted by Crippen LogP contribution is 2.28. The number of rotatable bonds is 8. The number of unbranched alkanes of at least 4 members (excludes halogenated alkanes) is 1. The fraction of sp³-hybridized carbons (Fsp3) is 0.316. The van der Waals surface area contributed by atoms with Gasteiger partial charge in [-0.3, -0.25) is 4.79 Å². The zero-order valence-electron chi connectivity index (χ0n) is 13.3. The molecule has 116 valence electrons. The summed E-state index contributed by atoms with van der Waals surface area (Å²) in [5, 5.41) is 3.11. The van der Waals surface area contributed by atoms with Gasteiger partial charge in [-0.2, -0.15) is 0 Å². The molecule has 0 bridgehead atoms. The van der Waals surface area contributed by atoms with Crippen LogP contribution in [-0.2, 0) is 0 Å². The molecule has 1 N–H and O–H groups in total. The van der Waals surface area contributed by atoms with Gasteiger partial charge in [-0.25, -0.2) is 0 Å². The number of nitrogens with one attached hydrogen (secondary N) is 1. The first kappa shape index (κ1) is 16.2. The van der Waals surface area contributed by atoms with Gasteiger partial charge in [0.1, 0.15) is 5.75 Å². The lowest BCUT2D eigenvalue weighted by Crippen LogP contribution is -2.09. The number of hydrogen-bond acceptors (Lipinski definition) is 3. The van der Waals surface area contributed by atoms with E-state index in [0.717, 1.165) is 36.8 Å². The van der Waals surface area contributed by atoms with Gasteiger partial charge in [0.2, 0.25) is 0 Å². The Morgan fingerprint density at radius 2 is 1.95 bits per heavy atom. The molecule has 0 radical (unpaired) electrons. The summed E-state index contributed by atoms with van der Waals surface area (Å²) >= 11 is 0. The van der Waals surface area contributed by atoms with Crippen LogP contribution < -0.4 is 10.1 Å². The summed E-state index contributed by atoms with van der Waals surface area (Å²) in [7, 11) is 1.94. The van der Waals surface area contributed by atoms with Crippen LogP contribution in [0, 0.1) is 6.92 Å². The molecule has 22 heavy (non-hydrogen) atoms. The number of hydrogen-bond donors (Lipinski definition) is 1. The molecular weight excluding hydrogens is 274 g/mol. The molecule has 2 rings (SSSR count). The fourth-order valence-corrected chi connectivity index (χ4v) is 2.42. The summed E-state index contributed by atoms with van der Waals surface area (Å²) < 4.78 is 5.74. The first-order valence-corrected chi connectivity index (χ1v) is 7.69.